The van der Waals surface area contributed by atoms with E-state index in [4.69, 9.17) is 14.4 Å². The molecule has 1 aliphatic rings. The van der Waals surface area contributed by atoms with Gasteiger partial charge in [0, 0.05) is 37.0 Å². The first kappa shape index (κ1) is 24.3. The molecule has 0 spiro atoms. The number of furan rings is 1. The van der Waals surface area contributed by atoms with E-state index in [0.29, 0.717) is 5.96 Å². The lowest BCUT2D eigenvalue weighted by atomic mass is 10.0. The molecule has 0 amide bonds. The van der Waals surface area contributed by atoms with Gasteiger partial charge in [0.25, 0.3) is 0 Å². The first-order valence-electron chi connectivity index (χ1n) is 14.5. The molecule has 4 nitrogen and oxygen atoms in total. The van der Waals surface area contributed by atoms with Crippen molar-refractivity contribution in [3.05, 3.63) is 139 Å². The average molecular weight is 572 g/mol. The maximum atomic E-state index is 5.92. The van der Waals surface area contributed by atoms with Crippen LogP contribution in [-0.2, 0) is 0 Å². The smallest absolute Gasteiger partial charge is 0.235 e. The van der Waals surface area contributed by atoms with Crippen LogP contribution in [0.3, 0.4) is 0 Å². The molecule has 0 bridgehead atoms. The van der Waals surface area contributed by atoms with Gasteiger partial charge in [-0.3, -0.25) is 4.57 Å². The Morgan fingerprint density at radius 3 is 2.12 bits per heavy atom. The van der Waals surface area contributed by atoms with Crippen LogP contribution in [0.25, 0.3) is 58.4 Å². The van der Waals surface area contributed by atoms with Crippen molar-refractivity contribution >= 4 is 81.5 Å². The maximum absolute atomic E-state index is 5.92. The number of hydrogen-bond acceptors (Lipinski definition) is 4. The van der Waals surface area contributed by atoms with Gasteiger partial charge in [-0.05, 0) is 36.1 Å². The van der Waals surface area contributed by atoms with Crippen LogP contribution in [-0.4, -0.2) is 16.2 Å². The topological polar surface area (TPSA) is 42.8 Å². The van der Waals surface area contributed by atoms with Crippen molar-refractivity contribution in [3.63, 3.8) is 0 Å². The molecule has 5 aromatic carbocycles. The fourth-order valence-corrected chi connectivity index (χ4v) is 7.79. The van der Waals surface area contributed by atoms with Crippen molar-refractivity contribution in [2.24, 2.45) is 9.98 Å². The molecule has 43 heavy (non-hydrogen) atoms. The van der Waals surface area contributed by atoms with Crippen LogP contribution in [0.4, 0.5) is 0 Å². The number of benzene rings is 5. The van der Waals surface area contributed by atoms with Crippen LogP contribution in [0.1, 0.15) is 24.0 Å². The summed E-state index contributed by atoms with van der Waals surface area (Å²) < 4.78 is 10.7. The lowest BCUT2D eigenvalue weighted by molar-refractivity contribution is 0.573. The summed E-state index contributed by atoms with van der Waals surface area (Å²) in [6, 6.07) is 38.2. The van der Waals surface area contributed by atoms with Gasteiger partial charge in [-0.15, -0.1) is 11.3 Å². The number of hydrogen-bond donors (Lipinski definition) is 0. The summed E-state index contributed by atoms with van der Waals surface area (Å²) in [5.74, 6) is 0.668. The van der Waals surface area contributed by atoms with Crippen molar-refractivity contribution < 1.29 is 4.42 Å². The second-order valence-electron chi connectivity index (χ2n) is 10.9. The fourth-order valence-electron chi connectivity index (χ4n) is 6.53. The molecule has 0 N–H and O–H groups in total. The Hall–Kier alpha value is -5.26. The average Bonchev–Trinajstić information content (AvgIpc) is 3.76. The van der Waals surface area contributed by atoms with Crippen molar-refractivity contribution in [3.8, 4) is 0 Å². The molecule has 204 valence electrons. The quantitative estimate of drug-likeness (QED) is 0.203. The minimum atomic E-state index is 0.668. The third kappa shape index (κ3) is 3.75. The zero-order chi connectivity index (χ0) is 28.3. The zero-order valence-electron chi connectivity index (χ0n) is 23.2. The molecule has 1 aliphatic heterocycles. The zero-order valence-corrected chi connectivity index (χ0v) is 24.0. The monoisotopic (exact) mass is 571 g/mol. The summed E-state index contributed by atoms with van der Waals surface area (Å²) in [4.78, 5) is 10.8. The summed E-state index contributed by atoms with van der Waals surface area (Å²) in [6.45, 7) is 0. The normalized spacial score (nSPS) is 14.3. The van der Waals surface area contributed by atoms with Gasteiger partial charge in [0.1, 0.15) is 0 Å². The second kappa shape index (κ2) is 9.65. The van der Waals surface area contributed by atoms with Gasteiger partial charge in [0.05, 0.1) is 39.7 Å². The summed E-state index contributed by atoms with van der Waals surface area (Å²) in [7, 11) is 0. The number of thiophene rings is 1. The molecule has 0 fully saturated rings. The Kier molecular flexibility index (Phi) is 5.46. The van der Waals surface area contributed by atoms with Crippen molar-refractivity contribution in [1.82, 2.24) is 4.57 Å². The van der Waals surface area contributed by atoms with Crippen LogP contribution >= 0.6 is 11.3 Å². The van der Waals surface area contributed by atoms with E-state index in [0.717, 1.165) is 62.6 Å². The summed E-state index contributed by atoms with van der Waals surface area (Å²) in [5.41, 5.74) is 6.38. The minimum absolute atomic E-state index is 0.668. The molecule has 9 rings (SSSR count). The molecule has 0 radical (unpaired) electrons. The Morgan fingerprint density at radius 1 is 0.628 bits per heavy atom. The molecule has 8 aromatic rings. The third-order valence-electron chi connectivity index (χ3n) is 8.44. The van der Waals surface area contributed by atoms with Gasteiger partial charge in [0.15, 0.2) is 0 Å². The molecule has 0 atom stereocenters. The minimum Gasteiger partial charge on any atom is -0.471 e. The highest BCUT2D eigenvalue weighted by molar-refractivity contribution is 7.27. The van der Waals surface area contributed by atoms with Gasteiger partial charge >= 0.3 is 0 Å². The maximum Gasteiger partial charge on any atom is 0.235 e. The Labute approximate surface area is 251 Å². The van der Waals surface area contributed by atoms with E-state index in [9.17, 15) is 0 Å². The molecule has 3 aromatic heterocycles. The number of rotatable bonds is 2. The number of aromatic nitrogens is 1. The number of aliphatic imine (C=N–C) groups is 2. The highest BCUT2D eigenvalue weighted by Gasteiger charge is 2.24. The van der Waals surface area contributed by atoms with E-state index in [1.807, 2.05) is 29.9 Å². The van der Waals surface area contributed by atoms with Crippen LogP contribution in [0.2, 0.25) is 0 Å². The largest absolute Gasteiger partial charge is 0.471 e. The van der Waals surface area contributed by atoms with E-state index >= 15 is 0 Å². The predicted molar refractivity (Wildman–Crippen MR) is 182 cm³/mol. The summed E-state index contributed by atoms with van der Waals surface area (Å²) >= 11 is 1.83. The first-order chi connectivity index (χ1) is 21.3. The number of fused-ring (bicyclic) bond motifs is 10. The first-order valence-corrected chi connectivity index (χ1v) is 15.4. The van der Waals surface area contributed by atoms with E-state index in [1.165, 1.54) is 25.6 Å². The van der Waals surface area contributed by atoms with E-state index in [2.05, 4.69) is 114 Å². The van der Waals surface area contributed by atoms with Crippen LogP contribution in [0.5, 0.6) is 0 Å². The Balaban J connectivity index is 1.46. The van der Waals surface area contributed by atoms with Crippen molar-refractivity contribution in [2.45, 2.75) is 12.8 Å². The Bertz CT molecular complexity index is 2440. The highest BCUT2D eigenvalue weighted by Crippen LogP contribution is 2.47. The molecular weight excluding hydrogens is 547 g/mol. The van der Waals surface area contributed by atoms with Gasteiger partial charge < -0.3 is 4.42 Å². The lowest BCUT2D eigenvalue weighted by Crippen LogP contribution is -2.15. The van der Waals surface area contributed by atoms with Gasteiger partial charge in [0.2, 0.25) is 5.96 Å². The molecular formula is C38H25N3OS. The predicted octanol–water partition coefficient (Wildman–Crippen LogP) is 10.4. The molecule has 0 unspecified atom stereocenters. The molecule has 0 aliphatic carbocycles. The number of para-hydroxylation sites is 1. The summed E-state index contributed by atoms with van der Waals surface area (Å²) in [5, 5.41) is 7.04. The van der Waals surface area contributed by atoms with Crippen LogP contribution < -0.4 is 0 Å². The standard InChI is InChI=1S/C38H25N3OS/c1-3-12-24(13-4-1)30-18-11-19-31(25-14-5-2-6-15-25)40-38(39-30)41-32-20-9-7-16-26(32)34-28-22-42-23-29(28)35-27-17-8-10-21-33(27)43-37(35)36(34)41/h1-10,12-18,20-23H,11,19H2. The summed E-state index contributed by atoms with van der Waals surface area (Å²) in [6.07, 6.45) is 7.73. The molecule has 0 saturated heterocycles. The SMILES string of the molecule is C1=C(c2ccccc2)N=C(n2c3ccccc3c3c4cocc4c4c5ccccc5sc4c32)N=C(c2ccccc2)CC1. The highest BCUT2D eigenvalue weighted by atomic mass is 32.1. The van der Waals surface area contributed by atoms with E-state index < -0.39 is 0 Å². The fraction of sp³-hybridized carbons (Fsp3) is 0.0526. The second-order valence-corrected chi connectivity index (χ2v) is 12.0. The van der Waals surface area contributed by atoms with Crippen molar-refractivity contribution in [2.75, 3.05) is 0 Å². The van der Waals surface area contributed by atoms with Gasteiger partial charge in [-0.1, -0.05) is 103 Å². The van der Waals surface area contributed by atoms with E-state index in [-0.39, 0.29) is 0 Å². The molecule has 5 heteroatoms. The van der Waals surface area contributed by atoms with Gasteiger partial charge in [-0.2, -0.15) is 0 Å². The van der Waals surface area contributed by atoms with E-state index in [1.54, 1.807) is 0 Å². The third-order valence-corrected chi connectivity index (χ3v) is 9.61. The number of allylic oxidation sites excluding steroid dienone is 1. The Morgan fingerprint density at radius 2 is 1.30 bits per heavy atom. The lowest BCUT2D eigenvalue weighted by Gasteiger charge is -2.15. The molecule has 0 saturated carbocycles. The molecule has 4 heterocycles. The number of nitrogens with zero attached hydrogens (tertiary/aromatic N) is 3. The van der Waals surface area contributed by atoms with Crippen LogP contribution in [0.15, 0.2) is 142 Å². The van der Waals surface area contributed by atoms with Crippen molar-refractivity contribution in [1.29, 1.82) is 0 Å². The van der Waals surface area contributed by atoms with Gasteiger partial charge in [-0.25, -0.2) is 9.98 Å². The van der Waals surface area contributed by atoms with Crippen LogP contribution in [0, 0.1) is 0 Å².